The van der Waals surface area contributed by atoms with Gasteiger partial charge in [-0.2, -0.15) is 0 Å². The zero-order valence-electron chi connectivity index (χ0n) is 12.8. The van der Waals surface area contributed by atoms with Crippen molar-refractivity contribution in [1.29, 1.82) is 0 Å². The van der Waals surface area contributed by atoms with Gasteiger partial charge < -0.3 is 15.5 Å². The molecule has 0 saturated carbocycles. The van der Waals surface area contributed by atoms with Crippen LogP contribution in [0, 0.1) is 11.8 Å². The first-order valence-electron chi connectivity index (χ1n) is 7.89. The number of amides is 2. The molecule has 2 amide bonds. The molecule has 122 valence electrons. The number of nitrogens with one attached hydrogen (secondary N) is 2. The van der Waals surface area contributed by atoms with Gasteiger partial charge in [-0.15, -0.1) is 0 Å². The second kappa shape index (κ2) is 7.45. The molecule has 0 radical (unpaired) electrons. The maximum Gasteiger partial charge on any atom is 0.314 e. The first-order chi connectivity index (χ1) is 9.94. The molecule has 2 N–H and O–H groups in total. The van der Waals surface area contributed by atoms with Crippen LogP contribution in [0.25, 0.3) is 0 Å². The van der Waals surface area contributed by atoms with Crippen LogP contribution in [0.1, 0.15) is 26.2 Å². The number of nitrogens with zero attached hydrogens (tertiary/aromatic N) is 1. The molecule has 6 nitrogen and oxygen atoms in total. The number of carbonyl (C=O) groups is 1. The Hall–Kier alpha value is -0.820. The van der Waals surface area contributed by atoms with Crippen LogP contribution >= 0.6 is 0 Å². The second-order valence-corrected chi connectivity index (χ2v) is 8.66. The first kappa shape index (κ1) is 16.5. The van der Waals surface area contributed by atoms with Gasteiger partial charge in [0, 0.05) is 19.6 Å². The molecule has 2 fully saturated rings. The van der Waals surface area contributed by atoms with Gasteiger partial charge in [0.1, 0.15) is 0 Å². The standard InChI is InChI=1S/C14H27N3O3S/c1-12-2-6-17(7-3-12)8-5-15-14(18)16-10-13-4-9-21(19,20)11-13/h12-13H,2-11H2,1H3,(H2,15,16,18)/t13-/m0/s1. The van der Waals surface area contributed by atoms with E-state index in [9.17, 15) is 13.2 Å². The Morgan fingerprint density at radius 3 is 2.52 bits per heavy atom. The van der Waals surface area contributed by atoms with E-state index < -0.39 is 9.84 Å². The van der Waals surface area contributed by atoms with Crippen molar-refractivity contribution in [1.82, 2.24) is 15.5 Å². The fourth-order valence-corrected chi connectivity index (χ4v) is 4.81. The fourth-order valence-electron chi connectivity index (χ4n) is 2.95. The molecule has 0 spiro atoms. The number of likely N-dealkylation sites (tertiary alicyclic amines) is 1. The van der Waals surface area contributed by atoms with Crippen LogP contribution in [-0.2, 0) is 9.84 Å². The molecule has 0 aromatic heterocycles. The minimum Gasteiger partial charge on any atom is -0.338 e. The monoisotopic (exact) mass is 317 g/mol. The van der Waals surface area contributed by atoms with Gasteiger partial charge in [0.25, 0.3) is 0 Å². The molecule has 2 aliphatic heterocycles. The molecular formula is C14H27N3O3S. The highest BCUT2D eigenvalue weighted by Gasteiger charge is 2.27. The Morgan fingerprint density at radius 2 is 1.90 bits per heavy atom. The Kier molecular flexibility index (Phi) is 5.87. The summed E-state index contributed by atoms with van der Waals surface area (Å²) in [6.07, 6.45) is 3.14. The van der Waals surface area contributed by atoms with Crippen molar-refractivity contribution in [2.45, 2.75) is 26.2 Å². The third-order valence-corrected chi connectivity index (χ3v) is 6.30. The molecule has 0 aromatic carbocycles. The average molecular weight is 317 g/mol. The highest BCUT2D eigenvalue weighted by Crippen LogP contribution is 2.17. The predicted molar refractivity (Wildman–Crippen MR) is 83.0 cm³/mol. The van der Waals surface area contributed by atoms with Crippen LogP contribution < -0.4 is 10.6 Å². The van der Waals surface area contributed by atoms with Crippen molar-refractivity contribution in [3.05, 3.63) is 0 Å². The lowest BCUT2D eigenvalue weighted by molar-refractivity contribution is 0.191. The quantitative estimate of drug-likeness (QED) is 0.772. The molecule has 2 aliphatic rings. The van der Waals surface area contributed by atoms with Gasteiger partial charge in [-0.05, 0) is 44.2 Å². The van der Waals surface area contributed by atoms with E-state index in [0.29, 0.717) is 19.5 Å². The minimum atomic E-state index is -2.86. The fraction of sp³-hybridized carbons (Fsp3) is 0.929. The van der Waals surface area contributed by atoms with E-state index in [2.05, 4.69) is 22.5 Å². The van der Waals surface area contributed by atoms with Crippen LogP contribution in [0.2, 0.25) is 0 Å². The molecule has 2 heterocycles. The molecule has 21 heavy (non-hydrogen) atoms. The van der Waals surface area contributed by atoms with Crippen LogP contribution in [0.5, 0.6) is 0 Å². The molecule has 0 aliphatic carbocycles. The normalized spacial score (nSPS) is 26.6. The number of hydrogen-bond donors (Lipinski definition) is 2. The summed E-state index contributed by atoms with van der Waals surface area (Å²) in [6.45, 7) is 6.49. The molecule has 1 atom stereocenters. The van der Waals surface area contributed by atoms with E-state index in [1.54, 1.807) is 0 Å². The Balaban J connectivity index is 1.54. The van der Waals surface area contributed by atoms with Gasteiger partial charge in [-0.1, -0.05) is 6.92 Å². The number of hydrogen-bond acceptors (Lipinski definition) is 4. The van der Waals surface area contributed by atoms with Gasteiger partial charge in [0.2, 0.25) is 0 Å². The second-order valence-electron chi connectivity index (χ2n) is 6.43. The summed E-state index contributed by atoms with van der Waals surface area (Å²) in [5.74, 6) is 1.36. The first-order valence-corrected chi connectivity index (χ1v) is 9.71. The lowest BCUT2D eigenvalue weighted by Crippen LogP contribution is -2.43. The van der Waals surface area contributed by atoms with Crippen molar-refractivity contribution >= 4 is 15.9 Å². The molecule has 2 rings (SSSR count). The van der Waals surface area contributed by atoms with Gasteiger partial charge >= 0.3 is 6.03 Å². The van der Waals surface area contributed by atoms with Crippen molar-refractivity contribution in [2.24, 2.45) is 11.8 Å². The van der Waals surface area contributed by atoms with Gasteiger partial charge in [0.05, 0.1) is 11.5 Å². The number of rotatable bonds is 5. The SMILES string of the molecule is CC1CCN(CCNC(=O)NC[C@@H]2CCS(=O)(=O)C2)CC1. The maximum atomic E-state index is 11.7. The Bertz CT molecular complexity index is 444. The van der Waals surface area contributed by atoms with Crippen molar-refractivity contribution in [2.75, 3.05) is 44.2 Å². The summed E-state index contributed by atoms with van der Waals surface area (Å²) < 4.78 is 22.6. The highest BCUT2D eigenvalue weighted by molar-refractivity contribution is 7.91. The third kappa shape index (κ3) is 5.82. The maximum absolute atomic E-state index is 11.7. The lowest BCUT2D eigenvalue weighted by atomic mass is 9.99. The zero-order valence-corrected chi connectivity index (χ0v) is 13.6. The summed E-state index contributed by atoms with van der Waals surface area (Å²) in [7, 11) is -2.86. The summed E-state index contributed by atoms with van der Waals surface area (Å²) in [6, 6.07) is -0.190. The van der Waals surface area contributed by atoms with Crippen LogP contribution in [0.15, 0.2) is 0 Å². The molecule has 0 aromatic rings. The van der Waals surface area contributed by atoms with E-state index in [1.807, 2.05) is 0 Å². The highest BCUT2D eigenvalue weighted by atomic mass is 32.2. The third-order valence-electron chi connectivity index (χ3n) is 4.47. The van der Waals surface area contributed by atoms with E-state index in [4.69, 9.17) is 0 Å². The van der Waals surface area contributed by atoms with E-state index in [-0.39, 0.29) is 23.5 Å². The molecule has 7 heteroatoms. The van der Waals surface area contributed by atoms with E-state index >= 15 is 0 Å². The topological polar surface area (TPSA) is 78.5 Å². The molecule has 0 bridgehead atoms. The van der Waals surface area contributed by atoms with Gasteiger partial charge in [0.15, 0.2) is 9.84 Å². The Morgan fingerprint density at radius 1 is 1.19 bits per heavy atom. The largest absolute Gasteiger partial charge is 0.338 e. The number of piperidine rings is 1. The number of carbonyl (C=O) groups excluding carboxylic acids is 1. The van der Waals surface area contributed by atoms with Crippen LogP contribution in [0.4, 0.5) is 4.79 Å². The molecule has 0 unspecified atom stereocenters. The predicted octanol–water partition coefficient (Wildman–Crippen LogP) is 0.452. The molecule has 2 saturated heterocycles. The van der Waals surface area contributed by atoms with Gasteiger partial charge in [-0.3, -0.25) is 0 Å². The summed E-state index contributed by atoms with van der Waals surface area (Å²) >= 11 is 0. The van der Waals surface area contributed by atoms with Crippen molar-refractivity contribution in [3.63, 3.8) is 0 Å². The summed E-state index contributed by atoms with van der Waals surface area (Å²) in [5, 5.41) is 5.62. The summed E-state index contributed by atoms with van der Waals surface area (Å²) in [5.41, 5.74) is 0. The van der Waals surface area contributed by atoms with Crippen molar-refractivity contribution < 1.29 is 13.2 Å². The van der Waals surface area contributed by atoms with Crippen LogP contribution in [-0.4, -0.2) is 63.6 Å². The number of sulfone groups is 1. The molecular weight excluding hydrogens is 290 g/mol. The van der Waals surface area contributed by atoms with Crippen LogP contribution in [0.3, 0.4) is 0 Å². The van der Waals surface area contributed by atoms with E-state index in [0.717, 1.165) is 25.6 Å². The van der Waals surface area contributed by atoms with E-state index in [1.165, 1.54) is 12.8 Å². The van der Waals surface area contributed by atoms with Crippen molar-refractivity contribution in [3.8, 4) is 0 Å². The average Bonchev–Trinajstić information content (AvgIpc) is 2.78. The number of urea groups is 1. The van der Waals surface area contributed by atoms with Gasteiger partial charge in [-0.25, -0.2) is 13.2 Å². The lowest BCUT2D eigenvalue weighted by Gasteiger charge is -2.30. The minimum absolute atomic E-state index is 0.0735. The summed E-state index contributed by atoms with van der Waals surface area (Å²) in [4.78, 5) is 14.0. The smallest absolute Gasteiger partial charge is 0.314 e. The zero-order chi connectivity index (χ0) is 15.3. The Labute approximate surface area is 127 Å².